The molecule has 1 saturated heterocycles. The molecule has 0 radical (unpaired) electrons. The molecular weight excluding hydrogens is 444 g/mol. The van der Waals surface area contributed by atoms with E-state index in [1.54, 1.807) is 24.3 Å². The molecule has 2 heterocycles. The summed E-state index contributed by atoms with van der Waals surface area (Å²) in [4.78, 5) is 22.8. The molecule has 0 bridgehead atoms. The molecule has 33 heavy (non-hydrogen) atoms. The summed E-state index contributed by atoms with van der Waals surface area (Å²) >= 11 is 1.19. The third-order valence-corrected chi connectivity index (χ3v) is 5.83. The summed E-state index contributed by atoms with van der Waals surface area (Å²) in [6.45, 7) is 4.59. The minimum atomic E-state index is -0.255. The van der Waals surface area contributed by atoms with E-state index in [1.807, 2.05) is 24.3 Å². The Kier molecular flexibility index (Phi) is 7.25. The van der Waals surface area contributed by atoms with E-state index >= 15 is 0 Å². The van der Waals surface area contributed by atoms with E-state index in [4.69, 9.17) is 4.74 Å². The van der Waals surface area contributed by atoms with Gasteiger partial charge < -0.3 is 30.7 Å². The molecule has 4 rings (SSSR count). The Bertz CT molecular complexity index is 1090. The van der Waals surface area contributed by atoms with Crippen LogP contribution in [-0.4, -0.2) is 47.4 Å². The topological polar surface area (TPSA) is 126 Å². The molecule has 1 aromatic heterocycles. The number of nitrogens with zero attached hydrogens (tertiary/aromatic N) is 4. The summed E-state index contributed by atoms with van der Waals surface area (Å²) in [5.41, 5.74) is 2.49. The van der Waals surface area contributed by atoms with E-state index in [0.717, 1.165) is 42.6 Å². The predicted molar refractivity (Wildman–Crippen MR) is 127 cm³/mol. The van der Waals surface area contributed by atoms with Crippen LogP contribution in [0.2, 0.25) is 0 Å². The highest BCUT2D eigenvalue weighted by atomic mass is 32.2. The Morgan fingerprint density at radius 2 is 1.79 bits per heavy atom. The molecule has 1 fully saturated rings. The predicted octanol–water partition coefficient (Wildman–Crippen LogP) is 3.86. The molecule has 0 spiro atoms. The largest absolute Gasteiger partial charge is 0.733 e. The highest BCUT2D eigenvalue weighted by Gasteiger charge is 2.13. The highest BCUT2D eigenvalue weighted by Crippen LogP contribution is 2.34. The van der Waals surface area contributed by atoms with Gasteiger partial charge in [-0.25, -0.2) is 9.97 Å². The molecule has 0 saturated carbocycles. The summed E-state index contributed by atoms with van der Waals surface area (Å²) in [6, 6.07) is 14.9. The smallest absolute Gasteiger partial charge is 0.228 e. The summed E-state index contributed by atoms with van der Waals surface area (Å²) in [6.07, 6.45) is 1.26. The van der Waals surface area contributed by atoms with Crippen molar-refractivity contribution in [2.24, 2.45) is 0 Å². The number of morpholine rings is 1. The first-order valence-electron chi connectivity index (χ1n) is 10.3. The Balaban J connectivity index is 1.49. The minimum Gasteiger partial charge on any atom is -0.733 e. The number of carbonyl (C=O) groups excluding carboxylic acids is 1. The summed E-state index contributed by atoms with van der Waals surface area (Å²) in [5, 5.41) is 26.9. The second-order valence-corrected chi connectivity index (χ2v) is 8.30. The van der Waals surface area contributed by atoms with Crippen molar-refractivity contribution in [3.63, 3.8) is 0 Å². The fourth-order valence-corrected chi connectivity index (χ4v) is 4.12. The van der Waals surface area contributed by atoms with Crippen molar-refractivity contribution in [2.75, 3.05) is 47.1 Å². The molecule has 1 amide bonds. The van der Waals surface area contributed by atoms with Crippen molar-refractivity contribution < 1.29 is 14.7 Å². The van der Waals surface area contributed by atoms with Crippen LogP contribution in [0.3, 0.4) is 0 Å². The lowest BCUT2D eigenvalue weighted by molar-refractivity contribution is -0.114. The number of ether oxygens (including phenoxy) is 1. The number of rotatable bonds is 7. The van der Waals surface area contributed by atoms with Gasteiger partial charge in [0.2, 0.25) is 11.9 Å². The normalized spacial score (nSPS) is 13.5. The lowest BCUT2D eigenvalue weighted by atomic mass is 10.2. The molecule has 1 aliphatic heterocycles. The highest BCUT2D eigenvalue weighted by molar-refractivity contribution is 7.99. The maximum atomic E-state index is 11.6. The van der Waals surface area contributed by atoms with Crippen LogP contribution < -0.4 is 20.8 Å². The fourth-order valence-electron chi connectivity index (χ4n) is 3.25. The van der Waals surface area contributed by atoms with Gasteiger partial charge in [0.1, 0.15) is 10.7 Å². The van der Waals surface area contributed by atoms with Crippen molar-refractivity contribution >= 4 is 46.4 Å². The molecule has 172 valence electrons. The van der Waals surface area contributed by atoms with Gasteiger partial charge in [-0.2, -0.15) is 0 Å². The Morgan fingerprint density at radius 1 is 1.12 bits per heavy atom. The van der Waals surface area contributed by atoms with Gasteiger partial charge in [0.25, 0.3) is 0 Å². The number of amides is 1. The molecule has 3 N–H and O–H groups in total. The Labute approximate surface area is 195 Å². The van der Waals surface area contributed by atoms with Gasteiger partial charge >= 0.3 is 0 Å². The lowest BCUT2D eigenvalue weighted by Crippen LogP contribution is -2.36. The van der Waals surface area contributed by atoms with Crippen molar-refractivity contribution in [1.29, 1.82) is 0 Å². The minimum absolute atomic E-state index is 0.0702. The number of anilines is 5. The van der Waals surface area contributed by atoms with Crippen LogP contribution in [0.15, 0.2) is 64.6 Å². The zero-order valence-corrected chi connectivity index (χ0v) is 18.7. The molecule has 1 aliphatic rings. The summed E-state index contributed by atoms with van der Waals surface area (Å²) < 4.78 is 5.39. The Hall–Kier alpha value is -3.38. The number of hydrogen-bond acceptors (Lipinski definition) is 10. The van der Waals surface area contributed by atoms with Crippen LogP contribution in [0.1, 0.15) is 6.92 Å². The van der Waals surface area contributed by atoms with E-state index in [9.17, 15) is 15.2 Å². The maximum absolute atomic E-state index is 11.6. The maximum Gasteiger partial charge on any atom is 0.228 e. The number of benzene rings is 2. The SMILES string of the molecule is CC(=O)Nc1ccc(Sc2nc(Nc3ccc(N4CCOCC4)cc3)ncc2N([O-])O)cc1. The molecule has 0 aliphatic carbocycles. The molecule has 11 heteroatoms. The van der Waals surface area contributed by atoms with E-state index in [-0.39, 0.29) is 27.8 Å². The van der Waals surface area contributed by atoms with Crippen LogP contribution in [0, 0.1) is 5.21 Å². The van der Waals surface area contributed by atoms with Crippen molar-refractivity contribution in [3.05, 3.63) is 59.9 Å². The van der Waals surface area contributed by atoms with Gasteiger partial charge in [-0.05, 0) is 48.5 Å². The second kappa shape index (κ2) is 10.5. The molecule has 0 unspecified atom stereocenters. The van der Waals surface area contributed by atoms with Crippen LogP contribution >= 0.6 is 11.8 Å². The van der Waals surface area contributed by atoms with E-state index in [2.05, 4.69) is 25.5 Å². The molecular formula is C22H23N6O4S-. The Morgan fingerprint density at radius 3 is 2.42 bits per heavy atom. The zero-order valence-electron chi connectivity index (χ0n) is 17.9. The van der Waals surface area contributed by atoms with Gasteiger partial charge in [0, 0.05) is 42.0 Å². The van der Waals surface area contributed by atoms with Crippen LogP contribution in [0.25, 0.3) is 0 Å². The van der Waals surface area contributed by atoms with Crippen LogP contribution in [0.5, 0.6) is 0 Å². The standard InChI is InChI=1S/C22H23N6O4S/c1-15(29)24-16-4-8-19(9-5-16)33-21-20(28(30)31)14-23-22(26-21)25-17-2-6-18(7-3-17)27-10-12-32-13-11-27/h2-9,14,30H,10-13H2,1H3,(H,24,29)(H,23,25,26)/q-1. The average molecular weight is 468 g/mol. The summed E-state index contributed by atoms with van der Waals surface area (Å²) in [7, 11) is 0. The first kappa shape index (κ1) is 22.8. The zero-order chi connectivity index (χ0) is 23.2. The fraction of sp³-hybridized carbons (Fsp3) is 0.227. The second-order valence-electron chi connectivity index (χ2n) is 7.24. The van der Waals surface area contributed by atoms with E-state index < -0.39 is 0 Å². The summed E-state index contributed by atoms with van der Waals surface area (Å²) in [5.74, 6) is 0.126. The first-order valence-corrected chi connectivity index (χ1v) is 11.1. The van der Waals surface area contributed by atoms with Gasteiger partial charge in [-0.3, -0.25) is 10.0 Å². The van der Waals surface area contributed by atoms with Gasteiger partial charge in [-0.15, -0.1) is 0 Å². The molecule has 10 nitrogen and oxygen atoms in total. The van der Waals surface area contributed by atoms with E-state index in [0.29, 0.717) is 5.69 Å². The number of aromatic nitrogens is 2. The molecule has 2 aromatic carbocycles. The monoisotopic (exact) mass is 467 g/mol. The third-order valence-electron chi connectivity index (χ3n) is 4.83. The van der Waals surface area contributed by atoms with Crippen molar-refractivity contribution in [3.8, 4) is 0 Å². The first-order chi connectivity index (χ1) is 16.0. The van der Waals surface area contributed by atoms with Crippen molar-refractivity contribution in [1.82, 2.24) is 9.97 Å². The number of carbonyl (C=O) groups is 1. The lowest BCUT2D eigenvalue weighted by Gasteiger charge is -2.28. The average Bonchev–Trinajstić information content (AvgIpc) is 2.81. The molecule has 0 atom stereocenters. The van der Waals surface area contributed by atoms with Crippen LogP contribution in [-0.2, 0) is 9.53 Å². The van der Waals surface area contributed by atoms with Crippen molar-refractivity contribution in [2.45, 2.75) is 16.8 Å². The van der Waals surface area contributed by atoms with Gasteiger partial charge in [-0.1, -0.05) is 11.8 Å². The third kappa shape index (κ3) is 6.11. The van der Waals surface area contributed by atoms with E-state index in [1.165, 1.54) is 24.9 Å². The number of hydrogen-bond donors (Lipinski definition) is 3. The van der Waals surface area contributed by atoms with Crippen LogP contribution in [0.4, 0.5) is 28.7 Å². The van der Waals surface area contributed by atoms with Gasteiger partial charge in [0.05, 0.1) is 19.4 Å². The molecule has 3 aromatic rings. The van der Waals surface area contributed by atoms with Gasteiger partial charge in [0.15, 0.2) is 0 Å². The number of nitrogens with one attached hydrogen (secondary N) is 2. The quantitative estimate of drug-likeness (QED) is 0.348.